The number of aliphatic hydroxyl groups is 4. The van der Waals surface area contributed by atoms with Crippen molar-refractivity contribution in [3.63, 3.8) is 0 Å². The van der Waals surface area contributed by atoms with Gasteiger partial charge in [-0.25, -0.2) is 0 Å². The molecule has 1 aliphatic rings. The van der Waals surface area contributed by atoms with Gasteiger partial charge in [0, 0.05) is 0 Å². The van der Waals surface area contributed by atoms with Crippen LogP contribution in [0.15, 0.2) is 18.2 Å². The molecule has 0 aliphatic carbocycles. The molecule has 1 aromatic rings. The third-order valence-electron chi connectivity index (χ3n) is 3.85. The van der Waals surface area contributed by atoms with Gasteiger partial charge in [0.25, 0.3) is 0 Å². The van der Waals surface area contributed by atoms with E-state index in [1.54, 1.807) is 0 Å². The van der Waals surface area contributed by atoms with Gasteiger partial charge in [0.2, 0.25) is 0 Å². The lowest BCUT2D eigenvalue weighted by Crippen LogP contribution is -2.55. The summed E-state index contributed by atoms with van der Waals surface area (Å²) >= 11 is 0. The summed E-state index contributed by atoms with van der Waals surface area (Å²) in [5.74, 6) is 0. The number of ether oxygens (including phenoxy) is 1. The van der Waals surface area contributed by atoms with Gasteiger partial charge in [0.15, 0.2) is 0 Å². The molecule has 0 bridgehead atoms. The number of rotatable bonds is 2. The number of aryl methyl sites for hydroxylation is 1. The highest BCUT2D eigenvalue weighted by molar-refractivity contribution is 5.35. The minimum absolute atomic E-state index is 0.410. The Morgan fingerprint density at radius 1 is 1.05 bits per heavy atom. The molecule has 5 atom stereocenters. The van der Waals surface area contributed by atoms with Gasteiger partial charge in [-0.15, -0.1) is 0 Å². The zero-order valence-electron chi connectivity index (χ0n) is 11.0. The summed E-state index contributed by atoms with van der Waals surface area (Å²) in [5.41, 5.74) is 2.78. The molecule has 1 heterocycles. The predicted octanol–water partition coefficient (Wildman–Crippen LogP) is -0.182. The molecule has 2 rings (SSSR count). The molecule has 1 aromatic carbocycles. The summed E-state index contributed by atoms with van der Waals surface area (Å²) in [6, 6.07) is 5.61. The first-order valence-electron chi connectivity index (χ1n) is 6.34. The Bertz CT molecular complexity index is 445. The summed E-state index contributed by atoms with van der Waals surface area (Å²) in [5, 5.41) is 38.8. The maximum atomic E-state index is 10.1. The summed E-state index contributed by atoms with van der Waals surface area (Å²) in [6.07, 6.45) is -5.51. The van der Waals surface area contributed by atoms with Crippen LogP contribution in [-0.4, -0.2) is 51.4 Å². The lowest BCUT2D eigenvalue weighted by molar-refractivity contribution is -0.231. The highest BCUT2D eigenvalue weighted by Crippen LogP contribution is 2.34. The molecule has 0 aromatic heterocycles. The highest BCUT2D eigenvalue weighted by Gasteiger charge is 2.44. The van der Waals surface area contributed by atoms with Crippen LogP contribution >= 0.6 is 0 Å². The van der Waals surface area contributed by atoms with Crippen LogP contribution in [0.1, 0.15) is 22.8 Å². The van der Waals surface area contributed by atoms with Crippen LogP contribution in [0.2, 0.25) is 0 Å². The van der Waals surface area contributed by atoms with Gasteiger partial charge in [0.1, 0.15) is 30.5 Å². The van der Waals surface area contributed by atoms with Gasteiger partial charge < -0.3 is 25.2 Å². The molecule has 4 N–H and O–H groups in total. The smallest absolute Gasteiger partial charge is 0.113 e. The first-order chi connectivity index (χ1) is 8.97. The van der Waals surface area contributed by atoms with Crippen molar-refractivity contribution >= 4 is 0 Å². The Hall–Kier alpha value is -0.980. The molecule has 19 heavy (non-hydrogen) atoms. The van der Waals surface area contributed by atoms with Crippen LogP contribution in [0, 0.1) is 13.8 Å². The average Bonchev–Trinajstić information content (AvgIpc) is 2.40. The molecular formula is C14H20O5. The van der Waals surface area contributed by atoms with Crippen molar-refractivity contribution in [3.8, 4) is 0 Å². The number of benzene rings is 1. The Balaban J connectivity index is 2.35. The van der Waals surface area contributed by atoms with E-state index < -0.39 is 37.1 Å². The molecule has 1 saturated heterocycles. The third kappa shape index (κ3) is 2.52. The molecule has 1 aliphatic heterocycles. The van der Waals surface area contributed by atoms with E-state index in [4.69, 9.17) is 4.74 Å². The molecule has 5 unspecified atom stereocenters. The monoisotopic (exact) mass is 268 g/mol. The van der Waals surface area contributed by atoms with Crippen molar-refractivity contribution in [1.29, 1.82) is 0 Å². The fourth-order valence-corrected chi connectivity index (χ4v) is 2.44. The molecule has 0 saturated carbocycles. The van der Waals surface area contributed by atoms with Crippen molar-refractivity contribution in [2.24, 2.45) is 0 Å². The van der Waals surface area contributed by atoms with Gasteiger partial charge in [-0.1, -0.05) is 18.2 Å². The van der Waals surface area contributed by atoms with Crippen LogP contribution < -0.4 is 0 Å². The van der Waals surface area contributed by atoms with Crippen molar-refractivity contribution in [3.05, 3.63) is 34.9 Å². The lowest BCUT2D eigenvalue weighted by Gasteiger charge is -2.40. The summed E-state index contributed by atoms with van der Waals surface area (Å²) < 4.78 is 5.54. The Kier molecular flexibility index (Phi) is 4.23. The van der Waals surface area contributed by atoms with Crippen molar-refractivity contribution in [2.45, 2.75) is 44.4 Å². The van der Waals surface area contributed by atoms with Crippen LogP contribution in [0.3, 0.4) is 0 Å². The Morgan fingerprint density at radius 2 is 1.74 bits per heavy atom. The number of hydrogen-bond acceptors (Lipinski definition) is 5. The minimum atomic E-state index is -1.34. The van der Waals surface area contributed by atoms with Crippen LogP contribution in [0.25, 0.3) is 0 Å². The van der Waals surface area contributed by atoms with E-state index in [-0.39, 0.29) is 0 Å². The standard InChI is InChI=1S/C14H20O5/c1-7-4-3-5-9(8(7)2)14-13(18)12(17)11(16)10(6-15)19-14/h3-5,10-18H,6H2,1-2H3. The quantitative estimate of drug-likeness (QED) is 0.597. The molecule has 1 fully saturated rings. The van der Waals surface area contributed by atoms with E-state index in [1.807, 2.05) is 32.0 Å². The van der Waals surface area contributed by atoms with Gasteiger partial charge >= 0.3 is 0 Å². The van der Waals surface area contributed by atoms with Crippen LogP contribution in [0.4, 0.5) is 0 Å². The fraction of sp³-hybridized carbons (Fsp3) is 0.571. The van der Waals surface area contributed by atoms with E-state index >= 15 is 0 Å². The van der Waals surface area contributed by atoms with Crippen molar-refractivity contribution in [2.75, 3.05) is 6.61 Å². The largest absolute Gasteiger partial charge is 0.394 e. The maximum Gasteiger partial charge on any atom is 0.113 e. The highest BCUT2D eigenvalue weighted by atomic mass is 16.5. The normalized spacial score (nSPS) is 35.4. The van der Waals surface area contributed by atoms with Gasteiger partial charge in [0.05, 0.1) is 6.61 Å². The van der Waals surface area contributed by atoms with Crippen LogP contribution in [0.5, 0.6) is 0 Å². The second-order valence-corrected chi connectivity index (χ2v) is 5.04. The molecule has 5 heteroatoms. The second kappa shape index (κ2) is 5.56. The van der Waals surface area contributed by atoms with Gasteiger partial charge in [-0.05, 0) is 30.5 Å². The van der Waals surface area contributed by atoms with Crippen LogP contribution in [-0.2, 0) is 4.74 Å². The van der Waals surface area contributed by atoms with E-state index in [9.17, 15) is 20.4 Å². The van der Waals surface area contributed by atoms with Gasteiger partial charge in [-0.2, -0.15) is 0 Å². The Morgan fingerprint density at radius 3 is 2.37 bits per heavy atom. The molecule has 0 radical (unpaired) electrons. The Labute approximate surface area is 112 Å². The van der Waals surface area contributed by atoms with E-state index in [2.05, 4.69) is 0 Å². The van der Waals surface area contributed by atoms with Crippen molar-refractivity contribution in [1.82, 2.24) is 0 Å². The maximum absolute atomic E-state index is 10.1. The van der Waals surface area contributed by atoms with Crippen molar-refractivity contribution < 1.29 is 25.2 Å². The van der Waals surface area contributed by atoms with E-state index in [1.165, 1.54) is 0 Å². The summed E-state index contributed by atoms with van der Waals surface area (Å²) in [6.45, 7) is 3.45. The number of aliphatic hydroxyl groups excluding tert-OH is 4. The van der Waals surface area contributed by atoms with Gasteiger partial charge in [-0.3, -0.25) is 0 Å². The predicted molar refractivity (Wildman–Crippen MR) is 68.6 cm³/mol. The molecule has 106 valence electrons. The lowest BCUT2D eigenvalue weighted by atomic mass is 9.88. The zero-order valence-corrected chi connectivity index (χ0v) is 11.0. The summed E-state index contributed by atoms with van der Waals surface area (Å²) in [4.78, 5) is 0. The summed E-state index contributed by atoms with van der Waals surface area (Å²) in [7, 11) is 0. The second-order valence-electron chi connectivity index (χ2n) is 5.04. The minimum Gasteiger partial charge on any atom is -0.394 e. The molecule has 0 spiro atoms. The first-order valence-corrected chi connectivity index (χ1v) is 6.34. The van der Waals surface area contributed by atoms with E-state index in [0.29, 0.717) is 0 Å². The number of hydrogen-bond donors (Lipinski definition) is 4. The molecular weight excluding hydrogens is 248 g/mol. The SMILES string of the molecule is Cc1cccc(C2OC(CO)C(O)C(O)C2O)c1C. The van der Waals surface area contributed by atoms with E-state index in [0.717, 1.165) is 16.7 Å². The fourth-order valence-electron chi connectivity index (χ4n) is 2.44. The first kappa shape index (κ1) is 14.4. The topological polar surface area (TPSA) is 90.2 Å². The third-order valence-corrected chi connectivity index (χ3v) is 3.85. The molecule has 0 amide bonds. The molecule has 5 nitrogen and oxygen atoms in total. The average molecular weight is 268 g/mol. The zero-order chi connectivity index (χ0) is 14.2.